The first-order valence-electron chi connectivity index (χ1n) is 6.67. The Kier molecular flexibility index (Phi) is 5.33. The lowest BCUT2D eigenvalue weighted by Gasteiger charge is -2.23. The van der Waals surface area contributed by atoms with Gasteiger partial charge in [-0.2, -0.15) is 0 Å². The molecule has 0 aliphatic heterocycles. The predicted octanol–water partition coefficient (Wildman–Crippen LogP) is 2.42. The van der Waals surface area contributed by atoms with Crippen LogP contribution in [0.15, 0.2) is 29.3 Å². The first kappa shape index (κ1) is 14.0. The number of rotatable bonds is 6. The Hall–Kier alpha value is -1.42. The Labute approximate surface area is 119 Å². The lowest BCUT2D eigenvalue weighted by Crippen LogP contribution is -2.35. The van der Waals surface area contributed by atoms with Crippen molar-refractivity contribution in [2.24, 2.45) is 16.6 Å². The number of para-hydroxylation sites is 1. The van der Waals surface area contributed by atoms with Crippen LogP contribution < -0.4 is 15.8 Å². The third-order valence-electron chi connectivity index (χ3n) is 3.25. The molecule has 0 radical (unpaired) electrons. The highest BCUT2D eigenvalue weighted by molar-refractivity contribution is 6.32. The summed E-state index contributed by atoms with van der Waals surface area (Å²) in [5, 5.41) is 3.66. The van der Waals surface area contributed by atoms with Crippen molar-refractivity contribution < 1.29 is 4.74 Å². The molecular formula is C14H20ClN3O. The molecule has 1 aromatic rings. The molecule has 1 aromatic carbocycles. The van der Waals surface area contributed by atoms with Gasteiger partial charge in [0, 0.05) is 6.54 Å². The molecule has 1 aliphatic carbocycles. The van der Waals surface area contributed by atoms with E-state index in [4.69, 9.17) is 22.1 Å². The molecule has 0 bridgehead atoms. The largest absolute Gasteiger partial charge is 0.490 e. The summed E-state index contributed by atoms with van der Waals surface area (Å²) < 4.78 is 5.54. The molecule has 0 aromatic heterocycles. The number of halogens is 1. The number of hydrogen-bond acceptors (Lipinski definition) is 2. The summed E-state index contributed by atoms with van der Waals surface area (Å²) in [6.45, 7) is 1.96. The van der Waals surface area contributed by atoms with E-state index in [9.17, 15) is 0 Å². The highest BCUT2D eigenvalue weighted by Gasteiger charge is 2.16. The van der Waals surface area contributed by atoms with Crippen LogP contribution in [0.5, 0.6) is 5.75 Å². The molecule has 2 rings (SSSR count). The molecule has 0 heterocycles. The van der Waals surface area contributed by atoms with Crippen molar-refractivity contribution in [3.8, 4) is 5.75 Å². The van der Waals surface area contributed by atoms with Gasteiger partial charge in [-0.1, -0.05) is 30.2 Å². The van der Waals surface area contributed by atoms with Crippen molar-refractivity contribution in [2.45, 2.75) is 19.3 Å². The second-order valence-corrected chi connectivity index (χ2v) is 5.14. The Balaban J connectivity index is 1.62. The van der Waals surface area contributed by atoms with E-state index in [0.717, 1.165) is 12.5 Å². The van der Waals surface area contributed by atoms with Crippen LogP contribution in [0.3, 0.4) is 0 Å². The van der Waals surface area contributed by atoms with Gasteiger partial charge in [-0.05, 0) is 30.9 Å². The number of aliphatic imine (C=N–C) groups is 1. The van der Waals surface area contributed by atoms with E-state index in [-0.39, 0.29) is 0 Å². The standard InChI is InChI=1S/C14H20ClN3O/c15-12-6-1-2-7-13(12)19-9-8-17-14(16)18-10-11-4-3-5-11/h1-2,6-7,11H,3-5,8-10H2,(H3,16,17,18). The van der Waals surface area contributed by atoms with Gasteiger partial charge in [0.1, 0.15) is 12.4 Å². The van der Waals surface area contributed by atoms with Crippen LogP contribution in [0, 0.1) is 5.92 Å². The summed E-state index contributed by atoms with van der Waals surface area (Å²) >= 11 is 5.98. The molecule has 0 unspecified atom stereocenters. The zero-order chi connectivity index (χ0) is 13.5. The van der Waals surface area contributed by atoms with Crippen LogP contribution in [-0.2, 0) is 0 Å². The van der Waals surface area contributed by atoms with E-state index < -0.39 is 0 Å². The summed E-state index contributed by atoms with van der Waals surface area (Å²) in [6, 6.07) is 7.41. The number of guanidine groups is 1. The molecular weight excluding hydrogens is 262 g/mol. The summed E-state index contributed by atoms with van der Waals surface area (Å²) in [4.78, 5) is 4.31. The molecule has 1 fully saturated rings. The minimum atomic E-state index is 0.495. The van der Waals surface area contributed by atoms with E-state index in [1.165, 1.54) is 19.3 Å². The van der Waals surface area contributed by atoms with Crippen LogP contribution in [0.25, 0.3) is 0 Å². The second kappa shape index (κ2) is 7.24. The Morgan fingerprint density at radius 2 is 2.21 bits per heavy atom. The van der Waals surface area contributed by atoms with Crippen LogP contribution in [-0.4, -0.2) is 25.7 Å². The molecule has 0 spiro atoms. The zero-order valence-corrected chi connectivity index (χ0v) is 11.7. The average molecular weight is 282 g/mol. The highest BCUT2D eigenvalue weighted by atomic mass is 35.5. The quantitative estimate of drug-likeness (QED) is 0.478. The maximum Gasteiger partial charge on any atom is 0.188 e. The fraction of sp³-hybridized carbons (Fsp3) is 0.500. The van der Waals surface area contributed by atoms with E-state index >= 15 is 0 Å². The van der Waals surface area contributed by atoms with Gasteiger partial charge in [-0.25, -0.2) is 0 Å². The first-order valence-corrected chi connectivity index (χ1v) is 7.04. The summed E-state index contributed by atoms with van der Waals surface area (Å²) in [5.41, 5.74) is 5.77. The van der Waals surface area contributed by atoms with Crippen LogP contribution >= 0.6 is 11.6 Å². The number of nitrogens with zero attached hydrogens (tertiary/aromatic N) is 1. The van der Waals surface area contributed by atoms with E-state index in [1.54, 1.807) is 6.07 Å². The molecule has 1 aliphatic rings. The molecule has 0 atom stereocenters. The van der Waals surface area contributed by atoms with Crippen molar-refractivity contribution in [3.63, 3.8) is 0 Å². The summed E-state index contributed by atoms with van der Waals surface area (Å²) in [7, 11) is 0. The van der Waals surface area contributed by atoms with Gasteiger partial charge in [0.2, 0.25) is 0 Å². The van der Waals surface area contributed by atoms with Crippen molar-refractivity contribution >= 4 is 17.6 Å². The van der Waals surface area contributed by atoms with Gasteiger partial charge in [0.25, 0.3) is 0 Å². The number of ether oxygens (including phenoxy) is 1. The zero-order valence-electron chi connectivity index (χ0n) is 10.9. The smallest absolute Gasteiger partial charge is 0.188 e. The van der Waals surface area contributed by atoms with Gasteiger partial charge < -0.3 is 15.8 Å². The molecule has 0 amide bonds. The number of hydrogen-bond donors (Lipinski definition) is 2. The normalized spacial score (nSPS) is 15.9. The van der Waals surface area contributed by atoms with E-state index in [2.05, 4.69) is 10.3 Å². The highest BCUT2D eigenvalue weighted by Crippen LogP contribution is 2.26. The Morgan fingerprint density at radius 3 is 2.89 bits per heavy atom. The molecule has 3 N–H and O–H groups in total. The topological polar surface area (TPSA) is 59.6 Å². The van der Waals surface area contributed by atoms with Crippen molar-refractivity contribution in [1.82, 2.24) is 5.32 Å². The fourth-order valence-electron chi connectivity index (χ4n) is 1.86. The van der Waals surface area contributed by atoms with Gasteiger partial charge in [0.05, 0.1) is 11.6 Å². The molecule has 104 valence electrons. The maximum absolute atomic E-state index is 5.98. The van der Waals surface area contributed by atoms with Crippen molar-refractivity contribution in [1.29, 1.82) is 0 Å². The van der Waals surface area contributed by atoms with Gasteiger partial charge in [0.15, 0.2) is 5.96 Å². The third kappa shape index (κ3) is 4.63. The van der Waals surface area contributed by atoms with Crippen LogP contribution in [0.2, 0.25) is 5.02 Å². The third-order valence-corrected chi connectivity index (χ3v) is 3.56. The average Bonchev–Trinajstić information content (AvgIpc) is 2.35. The first-order chi connectivity index (χ1) is 9.25. The van der Waals surface area contributed by atoms with E-state index in [1.807, 2.05) is 18.2 Å². The summed E-state index contributed by atoms with van der Waals surface area (Å²) in [5.74, 6) is 1.92. The molecule has 0 saturated heterocycles. The number of nitrogens with one attached hydrogen (secondary N) is 1. The van der Waals surface area contributed by atoms with Crippen molar-refractivity contribution in [2.75, 3.05) is 19.7 Å². The minimum absolute atomic E-state index is 0.495. The minimum Gasteiger partial charge on any atom is -0.490 e. The van der Waals surface area contributed by atoms with E-state index in [0.29, 0.717) is 29.9 Å². The van der Waals surface area contributed by atoms with Gasteiger partial charge in [-0.3, -0.25) is 4.99 Å². The predicted molar refractivity (Wildman–Crippen MR) is 78.8 cm³/mol. The van der Waals surface area contributed by atoms with Gasteiger partial charge in [-0.15, -0.1) is 0 Å². The number of nitrogens with two attached hydrogens (primary N) is 1. The molecule has 1 saturated carbocycles. The number of benzene rings is 1. The van der Waals surface area contributed by atoms with Crippen LogP contribution in [0.1, 0.15) is 19.3 Å². The second-order valence-electron chi connectivity index (χ2n) is 4.73. The maximum atomic E-state index is 5.98. The Morgan fingerprint density at radius 1 is 1.42 bits per heavy atom. The SMILES string of the molecule is NC(=NCC1CCC1)NCCOc1ccccc1Cl. The monoisotopic (exact) mass is 281 g/mol. The van der Waals surface area contributed by atoms with Gasteiger partial charge >= 0.3 is 0 Å². The molecule has 4 nitrogen and oxygen atoms in total. The lowest BCUT2D eigenvalue weighted by molar-refractivity contribution is 0.320. The molecule has 19 heavy (non-hydrogen) atoms. The summed E-state index contributed by atoms with van der Waals surface area (Å²) in [6.07, 6.45) is 3.90. The van der Waals surface area contributed by atoms with Crippen LogP contribution in [0.4, 0.5) is 0 Å². The fourth-order valence-corrected chi connectivity index (χ4v) is 2.05. The Bertz CT molecular complexity index is 432. The van der Waals surface area contributed by atoms with Crippen molar-refractivity contribution in [3.05, 3.63) is 29.3 Å². The lowest BCUT2D eigenvalue weighted by atomic mass is 9.86. The molecule has 5 heteroatoms.